The quantitative estimate of drug-likeness (QED) is 0.369. The van der Waals surface area contributed by atoms with E-state index in [-0.39, 0.29) is 6.67 Å². The molecule has 4 heterocycles. The summed E-state index contributed by atoms with van der Waals surface area (Å²) in [4.78, 5) is 29.0. The summed E-state index contributed by atoms with van der Waals surface area (Å²) in [5.41, 5.74) is 5.38. The molecule has 0 saturated carbocycles. The number of fused-ring (bicyclic) bond motifs is 2. The van der Waals surface area contributed by atoms with E-state index in [1.54, 1.807) is 10.7 Å². The smallest absolute Gasteiger partial charge is 0.259 e. The first kappa shape index (κ1) is 19.2. The fourth-order valence-corrected chi connectivity index (χ4v) is 4.32. The van der Waals surface area contributed by atoms with Crippen molar-refractivity contribution >= 4 is 39.4 Å². The van der Waals surface area contributed by atoms with E-state index in [0.29, 0.717) is 34.4 Å². The summed E-state index contributed by atoms with van der Waals surface area (Å²) in [6.45, 7) is 1.50. The normalized spacial score (nSPS) is 14.3. The molecule has 0 radical (unpaired) electrons. The Kier molecular flexibility index (Phi) is 4.66. The third-order valence-electron chi connectivity index (χ3n) is 5.76. The maximum absolute atomic E-state index is 12.9. The molecule has 0 bridgehead atoms. The summed E-state index contributed by atoms with van der Waals surface area (Å²) >= 11 is 0. The van der Waals surface area contributed by atoms with Crippen LogP contribution in [0, 0.1) is 6.92 Å². The molecule has 5 rings (SSSR count). The SMILES string of the molecule is Cc1nn2ccc(CCCCF)cc2c1C1=C(c2c[nH]c3ccccc23)C(=O)NC1=O. The molecule has 0 spiro atoms. The van der Waals surface area contributed by atoms with Crippen molar-refractivity contribution in [2.24, 2.45) is 0 Å². The molecule has 31 heavy (non-hydrogen) atoms. The van der Waals surface area contributed by atoms with Gasteiger partial charge in [0.1, 0.15) is 0 Å². The number of alkyl halides is 1. The van der Waals surface area contributed by atoms with Crippen molar-refractivity contribution in [1.82, 2.24) is 19.9 Å². The van der Waals surface area contributed by atoms with Crippen LogP contribution in [-0.2, 0) is 16.0 Å². The number of benzene rings is 1. The topological polar surface area (TPSA) is 79.3 Å². The van der Waals surface area contributed by atoms with Gasteiger partial charge in [-0.25, -0.2) is 4.52 Å². The maximum Gasteiger partial charge on any atom is 0.259 e. The number of para-hydroxylation sites is 1. The lowest BCUT2D eigenvalue weighted by Crippen LogP contribution is -2.22. The summed E-state index contributed by atoms with van der Waals surface area (Å²) in [6, 6.07) is 11.6. The van der Waals surface area contributed by atoms with Gasteiger partial charge in [-0.3, -0.25) is 19.3 Å². The summed E-state index contributed by atoms with van der Waals surface area (Å²) in [7, 11) is 0. The number of carbonyl (C=O) groups is 2. The molecule has 6 nitrogen and oxygen atoms in total. The van der Waals surface area contributed by atoms with Gasteiger partial charge < -0.3 is 4.98 Å². The highest BCUT2D eigenvalue weighted by atomic mass is 19.1. The van der Waals surface area contributed by atoms with Crippen molar-refractivity contribution in [2.75, 3.05) is 6.67 Å². The molecule has 1 aliphatic rings. The second kappa shape index (κ2) is 7.50. The predicted octanol–water partition coefficient (Wildman–Crippen LogP) is 3.98. The van der Waals surface area contributed by atoms with Crippen molar-refractivity contribution in [3.8, 4) is 0 Å². The van der Waals surface area contributed by atoms with Crippen LogP contribution in [0.1, 0.15) is 35.2 Å². The number of unbranched alkanes of at least 4 members (excludes halogenated alkanes) is 1. The van der Waals surface area contributed by atoms with E-state index in [0.717, 1.165) is 34.8 Å². The van der Waals surface area contributed by atoms with Gasteiger partial charge in [0, 0.05) is 34.4 Å². The number of hydrogen-bond acceptors (Lipinski definition) is 3. The molecule has 1 aliphatic heterocycles. The van der Waals surface area contributed by atoms with E-state index in [9.17, 15) is 14.0 Å². The molecule has 0 fully saturated rings. The lowest BCUT2D eigenvalue weighted by Gasteiger charge is -2.06. The average molecular weight is 416 g/mol. The van der Waals surface area contributed by atoms with Crippen LogP contribution in [0.5, 0.6) is 0 Å². The third kappa shape index (κ3) is 3.13. The minimum Gasteiger partial charge on any atom is -0.361 e. The number of aromatic amines is 1. The van der Waals surface area contributed by atoms with Crippen LogP contribution in [0.15, 0.2) is 48.8 Å². The first-order valence-electron chi connectivity index (χ1n) is 10.3. The van der Waals surface area contributed by atoms with Crippen molar-refractivity contribution in [3.05, 3.63) is 71.2 Å². The van der Waals surface area contributed by atoms with Crippen LogP contribution in [0.4, 0.5) is 4.39 Å². The number of nitrogens with zero attached hydrogens (tertiary/aromatic N) is 2. The Morgan fingerprint density at radius 2 is 1.87 bits per heavy atom. The standard InChI is InChI=1S/C24H21FN4O2/c1-14-20(19-12-15(6-4-5-10-25)9-11-29(19)28-14)22-21(23(30)27-24(22)31)17-13-26-18-8-3-2-7-16(17)18/h2-3,7-9,11-13,26H,4-6,10H2,1H3,(H,27,30,31). The van der Waals surface area contributed by atoms with Crippen molar-refractivity contribution in [1.29, 1.82) is 0 Å². The first-order valence-corrected chi connectivity index (χ1v) is 10.3. The summed E-state index contributed by atoms with van der Waals surface area (Å²) in [5, 5.41) is 7.89. The molecular formula is C24H21FN4O2. The van der Waals surface area contributed by atoms with Gasteiger partial charge in [0.15, 0.2) is 0 Å². The largest absolute Gasteiger partial charge is 0.361 e. The number of pyridine rings is 1. The number of nitrogens with one attached hydrogen (secondary N) is 2. The Morgan fingerprint density at radius 3 is 2.71 bits per heavy atom. The Bertz CT molecular complexity index is 1380. The average Bonchev–Trinajstić information content (AvgIpc) is 3.40. The van der Waals surface area contributed by atoms with Crippen LogP contribution in [0.3, 0.4) is 0 Å². The monoisotopic (exact) mass is 416 g/mol. The fraction of sp³-hybridized carbons (Fsp3) is 0.208. The summed E-state index contributed by atoms with van der Waals surface area (Å²) in [6.07, 6.45) is 5.61. The summed E-state index contributed by atoms with van der Waals surface area (Å²) in [5.74, 6) is -0.839. The minimum absolute atomic E-state index is 0.331. The molecule has 0 saturated heterocycles. The molecule has 0 unspecified atom stereocenters. The van der Waals surface area contributed by atoms with Crippen LogP contribution < -0.4 is 5.32 Å². The molecule has 7 heteroatoms. The Hall–Kier alpha value is -3.74. The lowest BCUT2D eigenvalue weighted by molar-refractivity contribution is -0.122. The van der Waals surface area contributed by atoms with E-state index in [4.69, 9.17) is 0 Å². The molecule has 0 atom stereocenters. The number of H-pyrrole nitrogens is 1. The van der Waals surface area contributed by atoms with E-state index in [1.807, 2.05) is 49.5 Å². The Labute approximate surface area is 177 Å². The molecule has 2 N–H and O–H groups in total. The number of hydrogen-bond donors (Lipinski definition) is 2. The maximum atomic E-state index is 12.9. The van der Waals surface area contributed by atoms with Crippen molar-refractivity contribution in [3.63, 3.8) is 0 Å². The minimum atomic E-state index is -0.425. The van der Waals surface area contributed by atoms with Gasteiger partial charge in [-0.2, -0.15) is 5.10 Å². The van der Waals surface area contributed by atoms with Crippen molar-refractivity contribution < 1.29 is 14.0 Å². The number of rotatable bonds is 6. The van der Waals surface area contributed by atoms with Crippen LogP contribution in [0.25, 0.3) is 27.6 Å². The number of halogens is 1. The van der Waals surface area contributed by atoms with E-state index >= 15 is 0 Å². The van der Waals surface area contributed by atoms with Crippen LogP contribution >= 0.6 is 0 Å². The summed E-state index contributed by atoms with van der Waals surface area (Å²) < 4.78 is 14.2. The van der Waals surface area contributed by atoms with Gasteiger partial charge in [-0.15, -0.1) is 0 Å². The third-order valence-corrected chi connectivity index (χ3v) is 5.76. The van der Waals surface area contributed by atoms with Crippen molar-refractivity contribution in [2.45, 2.75) is 26.2 Å². The van der Waals surface area contributed by atoms with Gasteiger partial charge in [0.05, 0.1) is 29.0 Å². The molecular weight excluding hydrogens is 395 g/mol. The Morgan fingerprint density at radius 1 is 1.06 bits per heavy atom. The van der Waals surface area contributed by atoms with Crippen LogP contribution in [0.2, 0.25) is 0 Å². The van der Waals surface area contributed by atoms with Gasteiger partial charge >= 0.3 is 0 Å². The second-order valence-corrected chi connectivity index (χ2v) is 7.75. The van der Waals surface area contributed by atoms with Gasteiger partial charge in [-0.1, -0.05) is 18.2 Å². The number of imide groups is 1. The molecule has 1 aromatic carbocycles. The molecule has 3 aromatic heterocycles. The van der Waals surface area contributed by atoms with Gasteiger partial charge in [0.2, 0.25) is 0 Å². The fourth-order valence-electron chi connectivity index (χ4n) is 4.32. The molecule has 2 amide bonds. The first-order chi connectivity index (χ1) is 15.1. The highest BCUT2D eigenvalue weighted by Crippen LogP contribution is 2.37. The number of aromatic nitrogens is 3. The molecule has 0 aliphatic carbocycles. The van der Waals surface area contributed by atoms with Crippen LogP contribution in [-0.4, -0.2) is 33.1 Å². The van der Waals surface area contributed by atoms with Gasteiger partial charge in [0.25, 0.3) is 11.8 Å². The Balaban J connectivity index is 1.73. The van der Waals surface area contributed by atoms with E-state index < -0.39 is 11.8 Å². The number of aryl methyl sites for hydroxylation is 2. The molecule has 4 aromatic rings. The second-order valence-electron chi connectivity index (χ2n) is 7.75. The highest BCUT2D eigenvalue weighted by Gasteiger charge is 2.35. The predicted molar refractivity (Wildman–Crippen MR) is 117 cm³/mol. The zero-order valence-electron chi connectivity index (χ0n) is 17.0. The molecule has 156 valence electrons. The zero-order chi connectivity index (χ0) is 21.5. The van der Waals surface area contributed by atoms with Gasteiger partial charge in [-0.05, 0) is 49.9 Å². The lowest BCUT2D eigenvalue weighted by atomic mass is 9.94. The number of amides is 2. The van der Waals surface area contributed by atoms with E-state index in [2.05, 4.69) is 15.4 Å². The zero-order valence-corrected chi connectivity index (χ0v) is 17.0. The number of carbonyl (C=O) groups excluding carboxylic acids is 2. The highest BCUT2D eigenvalue weighted by molar-refractivity contribution is 6.50. The van der Waals surface area contributed by atoms with E-state index in [1.165, 1.54) is 0 Å².